The topological polar surface area (TPSA) is 62.8 Å². The van der Waals surface area contributed by atoms with Crippen LogP contribution in [-0.2, 0) is 0 Å². The Balaban J connectivity index is 1.35. The zero-order valence-corrected chi connectivity index (χ0v) is 16.1. The van der Waals surface area contributed by atoms with E-state index in [-0.39, 0.29) is 0 Å². The Labute approximate surface area is 157 Å². The molecule has 1 N–H and O–H groups in total. The molecule has 2 aromatic rings. The number of nitrogens with one attached hydrogen (secondary N) is 1. The molecule has 1 fully saturated rings. The van der Waals surface area contributed by atoms with Crippen LogP contribution in [0.1, 0.15) is 31.9 Å². The van der Waals surface area contributed by atoms with Crippen molar-refractivity contribution < 1.29 is 9.47 Å². The van der Waals surface area contributed by atoms with Gasteiger partial charge in [0.25, 0.3) is 0 Å². The molecule has 0 bridgehead atoms. The van der Waals surface area contributed by atoms with Crippen molar-refractivity contribution in [1.29, 1.82) is 0 Å². The highest BCUT2D eigenvalue weighted by atomic mass is 32.1. The predicted molar refractivity (Wildman–Crippen MR) is 103 cm³/mol. The first-order valence-electron chi connectivity index (χ1n) is 9.20. The first-order chi connectivity index (χ1) is 12.7. The van der Waals surface area contributed by atoms with Crippen LogP contribution in [0.4, 0.5) is 10.3 Å². The lowest BCUT2D eigenvalue weighted by Crippen LogP contribution is -2.47. The maximum atomic E-state index is 5.51. The van der Waals surface area contributed by atoms with Crippen LogP contribution in [-0.4, -0.2) is 54.6 Å². The summed E-state index contributed by atoms with van der Waals surface area (Å²) in [5, 5.41) is 13.8. The molecule has 1 aromatic carbocycles. The van der Waals surface area contributed by atoms with Crippen molar-refractivity contribution in [2.24, 2.45) is 0 Å². The van der Waals surface area contributed by atoms with Gasteiger partial charge in [-0.15, -0.1) is 10.2 Å². The van der Waals surface area contributed by atoms with Crippen LogP contribution in [0, 0.1) is 0 Å². The van der Waals surface area contributed by atoms with E-state index in [4.69, 9.17) is 9.47 Å². The highest BCUT2D eigenvalue weighted by Crippen LogP contribution is 2.35. The molecule has 1 unspecified atom stereocenters. The molecule has 140 valence electrons. The fourth-order valence-corrected chi connectivity index (χ4v) is 4.15. The van der Waals surface area contributed by atoms with Gasteiger partial charge in [0, 0.05) is 38.8 Å². The van der Waals surface area contributed by atoms with Crippen LogP contribution in [0.3, 0.4) is 0 Å². The summed E-state index contributed by atoms with van der Waals surface area (Å²) >= 11 is 1.64. The maximum absolute atomic E-state index is 5.51. The number of benzene rings is 1. The van der Waals surface area contributed by atoms with Gasteiger partial charge < -0.3 is 19.7 Å². The summed E-state index contributed by atoms with van der Waals surface area (Å²) in [7, 11) is 0. The minimum atomic E-state index is 0.322. The van der Waals surface area contributed by atoms with Crippen molar-refractivity contribution in [1.82, 2.24) is 15.1 Å². The molecule has 0 spiro atoms. The van der Waals surface area contributed by atoms with Gasteiger partial charge in [-0.25, -0.2) is 0 Å². The lowest BCUT2D eigenvalue weighted by molar-refractivity contribution is 0.173. The van der Waals surface area contributed by atoms with Gasteiger partial charge in [0.1, 0.15) is 0 Å². The van der Waals surface area contributed by atoms with Crippen LogP contribution in [0.5, 0.6) is 11.5 Å². The van der Waals surface area contributed by atoms with E-state index in [1.54, 1.807) is 11.3 Å². The third-order valence-electron chi connectivity index (χ3n) is 4.95. The van der Waals surface area contributed by atoms with E-state index in [1.165, 1.54) is 5.56 Å². The Morgan fingerprint density at radius 3 is 2.77 bits per heavy atom. The summed E-state index contributed by atoms with van der Waals surface area (Å²) in [6, 6.07) is 6.61. The minimum absolute atomic E-state index is 0.322. The average molecular weight is 375 g/mol. The lowest BCUT2D eigenvalue weighted by Gasteiger charge is -2.38. The van der Waals surface area contributed by atoms with Crippen LogP contribution in [0.2, 0.25) is 0 Å². The first-order valence-corrected chi connectivity index (χ1v) is 10.0. The zero-order valence-electron chi connectivity index (χ0n) is 15.3. The number of ether oxygens (including phenoxy) is 2. The molecular weight excluding hydrogens is 350 g/mol. The smallest absolute Gasteiger partial charge is 0.231 e. The molecule has 2 aliphatic rings. The molecule has 0 radical (unpaired) electrons. The average Bonchev–Trinajstić information content (AvgIpc) is 3.34. The van der Waals surface area contributed by atoms with Crippen molar-refractivity contribution in [2.45, 2.75) is 26.3 Å². The van der Waals surface area contributed by atoms with Gasteiger partial charge in [-0.2, -0.15) is 0 Å². The third kappa shape index (κ3) is 3.57. The second-order valence-corrected chi connectivity index (χ2v) is 7.58. The molecule has 7 nitrogen and oxygen atoms in total. The number of hydrogen-bond donors (Lipinski definition) is 1. The van der Waals surface area contributed by atoms with E-state index in [0.29, 0.717) is 12.8 Å². The van der Waals surface area contributed by atoms with Crippen molar-refractivity contribution in [3.8, 4) is 11.5 Å². The second kappa shape index (κ2) is 7.67. The summed E-state index contributed by atoms with van der Waals surface area (Å²) in [5.41, 5.74) is 1.27. The number of piperazine rings is 1. The molecular formula is C18H25N5O2S. The second-order valence-electron chi connectivity index (χ2n) is 6.63. The standard InChI is InChI=1S/C18H25N5O2S/c1-3-6-19-17-20-21-18(26-17)23-9-7-22(8-10-23)13(2)14-4-5-15-16(11-14)25-12-24-15/h4-5,11,13H,3,6-10,12H2,1-2H3,(H,19,20). The molecule has 1 aromatic heterocycles. The number of aromatic nitrogens is 2. The fourth-order valence-electron chi connectivity index (χ4n) is 3.33. The summed E-state index contributed by atoms with van der Waals surface area (Å²) in [4.78, 5) is 4.84. The van der Waals surface area contributed by atoms with Crippen molar-refractivity contribution in [2.75, 3.05) is 49.7 Å². The number of anilines is 2. The predicted octanol–water partition coefficient (Wildman–Crippen LogP) is 2.97. The summed E-state index contributed by atoms with van der Waals surface area (Å²) in [5.74, 6) is 1.70. The van der Waals surface area contributed by atoms with Crippen LogP contribution >= 0.6 is 11.3 Å². The van der Waals surface area contributed by atoms with Gasteiger partial charge in [-0.3, -0.25) is 4.90 Å². The number of fused-ring (bicyclic) bond motifs is 1. The Hall–Kier alpha value is -2.06. The van der Waals surface area contributed by atoms with Crippen LogP contribution in [0.25, 0.3) is 0 Å². The van der Waals surface area contributed by atoms with E-state index in [1.807, 2.05) is 6.07 Å². The molecule has 3 heterocycles. The van der Waals surface area contributed by atoms with Gasteiger partial charge in [-0.05, 0) is 31.0 Å². The highest BCUT2D eigenvalue weighted by molar-refractivity contribution is 7.19. The third-order valence-corrected chi connectivity index (χ3v) is 5.89. The highest BCUT2D eigenvalue weighted by Gasteiger charge is 2.25. The number of rotatable bonds is 6. The molecule has 0 amide bonds. The van der Waals surface area contributed by atoms with Gasteiger partial charge in [0.05, 0.1) is 0 Å². The van der Waals surface area contributed by atoms with Gasteiger partial charge >= 0.3 is 0 Å². The normalized spacial score (nSPS) is 18.2. The Morgan fingerprint density at radius 2 is 1.96 bits per heavy atom. The lowest BCUT2D eigenvalue weighted by atomic mass is 10.1. The molecule has 0 saturated carbocycles. The quantitative estimate of drug-likeness (QED) is 0.833. The molecule has 0 aliphatic carbocycles. The molecule has 1 saturated heterocycles. The SMILES string of the molecule is CCCNc1nnc(N2CCN(C(C)c3ccc4c(c3)OCO4)CC2)s1. The number of hydrogen-bond acceptors (Lipinski definition) is 8. The monoisotopic (exact) mass is 375 g/mol. The Kier molecular flexibility index (Phi) is 5.12. The van der Waals surface area contributed by atoms with E-state index >= 15 is 0 Å². The van der Waals surface area contributed by atoms with Crippen molar-refractivity contribution >= 4 is 21.6 Å². The fraction of sp³-hybridized carbons (Fsp3) is 0.556. The van der Waals surface area contributed by atoms with E-state index < -0.39 is 0 Å². The van der Waals surface area contributed by atoms with Gasteiger partial charge in [0.15, 0.2) is 11.5 Å². The van der Waals surface area contributed by atoms with Gasteiger partial charge in [0.2, 0.25) is 17.1 Å². The minimum Gasteiger partial charge on any atom is -0.454 e. The molecule has 8 heteroatoms. The van der Waals surface area contributed by atoms with Gasteiger partial charge in [-0.1, -0.05) is 24.3 Å². The van der Waals surface area contributed by atoms with E-state index in [0.717, 1.165) is 60.9 Å². The zero-order chi connectivity index (χ0) is 17.9. The van der Waals surface area contributed by atoms with Crippen molar-refractivity contribution in [3.05, 3.63) is 23.8 Å². The summed E-state index contributed by atoms with van der Waals surface area (Å²) in [6.07, 6.45) is 1.09. The molecule has 26 heavy (non-hydrogen) atoms. The first kappa shape index (κ1) is 17.4. The van der Waals surface area contributed by atoms with Crippen LogP contribution in [0.15, 0.2) is 18.2 Å². The van der Waals surface area contributed by atoms with Crippen LogP contribution < -0.4 is 19.7 Å². The molecule has 2 aliphatic heterocycles. The van der Waals surface area contributed by atoms with E-state index in [2.05, 4.69) is 51.3 Å². The Morgan fingerprint density at radius 1 is 1.15 bits per heavy atom. The Bertz CT molecular complexity index is 745. The molecule has 1 atom stereocenters. The van der Waals surface area contributed by atoms with E-state index in [9.17, 15) is 0 Å². The molecule has 4 rings (SSSR count). The summed E-state index contributed by atoms with van der Waals surface area (Å²) < 4.78 is 10.9. The summed E-state index contributed by atoms with van der Waals surface area (Å²) in [6.45, 7) is 9.62. The maximum Gasteiger partial charge on any atom is 0.231 e. The van der Waals surface area contributed by atoms with Crippen molar-refractivity contribution in [3.63, 3.8) is 0 Å². The number of nitrogens with zero attached hydrogens (tertiary/aromatic N) is 4. The largest absolute Gasteiger partial charge is 0.454 e.